The molecular formula is C15H21NO. The van der Waals surface area contributed by atoms with E-state index >= 15 is 0 Å². The van der Waals surface area contributed by atoms with Crippen molar-refractivity contribution in [1.82, 2.24) is 0 Å². The van der Waals surface area contributed by atoms with Gasteiger partial charge >= 0.3 is 0 Å². The highest BCUT2D eigenvalue weighted by Crippen LogP contribution is 2.38. The van der Waals surface area contributed by atoms with Gasteiger partial charge < -0.3 is 10.0 Å². The molecule has 2 fully saturated rings. The van der Waals surface area contributed by atoms with Crippen molar-refractivity contribution in [2.24, 2.45) is 5.92 Å². The smallest absolute Gasteiger partial charge is 0.0681 e. The van der Waals surface area contributed by atoms with Crippen molar-refractivity contribution in [1.29, 1.82) is 0 Å². The number of hydrogen-bond acceptors (Lipinski definition) is 2. The van der Waals surface area contributed by atoms with Gasteiger partial charge in [-0.05, 0) is 42.9 Å². The lowest BCUT2D eigenvalue weighted by Gasteiger charge is -2.33. The van der Waals surface area contributed by atoms with Gasteiger partial charge in [-0.1, -0.05) is 25.0 Å². The lowest BCUT2D eigenvalue weighted by molar-refractivity contribution is 0.282. The molecule has 3 rings (SSSR count). The molecule has 2 atom stereocenters. The van der Waals surface area contributed by atoms with Gasteiger partial charge in [0.2, 0.25) is 0 Å². The Morgan fingerprint density at radius 1 is 1.06 bits per heavy atom. The number of fused-ring (bicyclic) bond motifs is 1. The molecule has 1 aliphatic heterocycles. The monoisotopic (exact) mass is 231 g/mol. The van der Waals surface area contributed by atoms with Crippen LogP contribution in [0.25, 0.3) is 0 Å². The molecule has 1 saturated carbocycles. The zero-order chi connectivity index (χ0) is 11.7. The summed E-state index contributed by atoms with van der Waals surface area (Å²) in [6, 6.07) is 9.21. The normalized spacial score (nSPS) is 28.2. The van der Waals surface area contributed by atoms with Crippen LogP contribution in [0.2, 0.25) is 0 Å². The summed E-state index contributed by atoms with van der Waals surface area (Å²) in [6.07, 6.45) is 6.99. The number of aliphatic hydroxyl groups excluding tert-OH is 1. The topological polar surface area (TPSA) is 23.5 Å². The maximum atomic E-state index is 9.07. The zero-order valence-electron chi connectivity index (χ0n) is 10.3. The Kier molecular flexibility index (Phi) is 3.06. The summed E-state index contributed by atoms with van der Waals surface area (Å²) in [4.78, 5) is 2.59. The first-order valence-corrected chi connectivity index (χ1v) is 6.85. The fourth-order valence-electron chi connectivity index (χ4n) is 3.52. The lowest BCUT2D eigenvalue weighted by Crippen LogP contribution is -2.34. The highest BCUT2D eigenvalue weighted by atomic mass is 16.3. The van der Waals surface area contributed by atoms with Crippen molar-refractivity contribution in [3.63, 3.8) is 0 Å². The first-order chi connectivity index (χ1) is 8.38. The van der Waals surface area contributed by atoms with Crippen LogP contribution in [0.1, 0.15) is 37.7 Å². The minimum atomic E-state index is 0.145. The van der Waals surface area contributed by atoms with Crippen LogP contribution >= 0.6 is 0 Å². The Bertz CT molecular complexity index is 373. The minimum absolute atomic E-state index is 0.145. The van der Waals surface area contributed by atoms with Crippen molar-refractivity contribution >= 4 is 5.69 Å². The highest BCUT2D eigenvalue weighted by molar-refractivity contribution is 5.49. The second-order valence-corrected chi connectivity index (χ2v) is 5.42. The molecule has 2 heteroatoms. The molecule has 17 heavy (non-hydrogen) atoms. The van der Waals surface area contributed by atoms with Crippen molar-refractivity contribution in [2.45, 2.75) is 44.8 Å². The first-order valence-electron chi connectivity index (χ1n) is 6.85. The van der Waals surface area contributed by atoms with Gasteiger partial charge in [0.1, 0.15) is 0 Å². The van der Waals surface area contributed by atoms with Crippen LogP contribution in [-0.2, 0) is 6.61 Å². The number of nitrogens with zero attached hydrogens (tertiary/aromatic N) is 1. The molecule has 1 N–H and O–H groups in total. The number of benzene rings is 1. The van der Waals surface area contributed by atoms with Gasteiger partial charge in [-0.25, -0.2) is 0 Å². The average molecular weight is 231 g/mol. The highest BCUT2D eigenvalue weighted by Gasteiger charge is 2.35. The van der Waals surface area contributed by atoms with E-state index in [0.717, 1.165) is 17.5 Å². The SMILES string of the molecule is OCc1ccc(N2CCC3CCCCC32)cc1. The number of rotatable bonds is 2. The van der Waals surface area contributed by atoms with Gasteiger partial charge in [0, 0.05) is 18.3 Å². The summed E-state index contributed by atoms with van der Waals surface area (Å²) in [7, 11) is 0. The molecule has 0 amide bonds. The maximum Gasteiger partial charge on any atom is 0.0681 e. The Balaban J connectivity index is 1.78. The van der Waals surface area contributed by atoms with Gasteiger partial charge in [-0.15, -0.1) is 0 Å². The summed E-state index contributed by atoms with van der Waals surface area (Å²) < 4.78 is 0. The molecule has 2 aliphatic rings. The van der Waals surface area contributed by atoms with Crippen molar-refractivity contribution < 1.29 is 5.11 Å². The van der Waals surface area contributed by atoms with Crippen LogP contribution in [0.5, 0.6) is 0 Å². The van der Waals surface area contributed by atoms with Crippen LogP contribution in [-0.4, -0.2) is 17.7 Å². The molecule has 2 nitrogen and oxygen atoms in total. The van der Waals surface area contributed by atoms with Crippen molar-refractivity contribution in [2.75, 3.05) is 11.4 Å². The summed E-state index contributed by atoms with van der Waals surface area (Å²) in [5, 5.41) is 9.07. The van der Waals surface area contributed by atoms with Crippen LogP contribution in [0.15, 0.2) is 24.3 Å². The molecule has 92 valence electrons. The molecule has 0 aromatic heterocycles. The molecule has 0 radical (unpaired) electrons. The van der Waals surface area contributed by atoms with Gasteiger partial charge in [-0.2, -0.15) is 0 Å². The molecule has 1 aliphatic carbocycles. The minimum Gasteiger partial charge on any atom is -0.392 e. The Morgan fingerprint density at radius 3 is 2.59 bits per heavy atom. The van der Waals surface area contributed by atoms with Gasteiger partial charge in [0.05, 0.1) is 6.61 Å². The third kappa shape index (κ3) is 2.06. The largest absolute Gasteiger partial charge is 0.392 e. The van der Waals surface area contributed by atoms with E-state index in [-0.39, 0.29) is 6.61 Å². The van der Waals surface area contributed by atoms with E-state index in [1.807, 2.05) is 12.1 Å². The summed E-state index contributed by atoms with van der Waals surface area (Å²) in [5.41, 5.74) is 2.35. The number of aliphatic hydroxyl groups is 1. The lowest BCUT2D eigenvalue weighted by atomic mass is 9.85. The Labute approximate surface area is 103 Å². The number of anilines is 1. The van der Waals surface area contributed by atoms with E-state index in [0.29, 0.717) is 0 Å². The van der Waals surface area contributed by atoms with Crippen molar-refractivity contribution in [3.8, 4) is 0 Å². The van der Waals surface area contributed by atoms with E-state index in [4.69, 9.17) is 5.11 Å². The van der Waals surface area contributed by atoms with Gasteiger partial charge in [0.25, 0.3) is 0 Å². The van der Waals surface area contributed by atoms with Crippen molar-refractivity contribution in [3.05, 3.63) is 29.8 Å². The van der Waals surface area contributed by atoms with Crippen LogP contribution in [0.3, 0.4) is 0 Å². The van der Waals surface area contributed by atoms with E-state index in [2.05, 4.69) is 17.0 Å². The summed E-state index contributed by atoms with van der Waals surface area (Å²) in [5.74, 6) is 0.932. The summed E-state index contributed by atoms with van der Waals surface area (Å²) >= 11 is 0. The Morgan fingerprint density at radius 2 is 1.82 bits per heavy atom. The standard InChI is InChI=1S/C15H21NO/c17-11-12-5-7-14(8-6-12)16-10-9-13-3-1-2-4-15(13)16/h5-8,13,15,17H,1-4,9-11H2. The quantitative estimate of drug-likeness (QED) is 0.846. The number of hydrogen-bond donors (Lipinski definition) is 1. The fourth-order valence-corrected chi connectivity index (χ4v) is 3.52. The maximum absolute atomic E-state index is 9.07. The third-order valence-corrected chi connectivity index (χ3v) is 4.46. The van der Waals surface area contributed by atoms with E-state index in [9.17, 15) is 0 Å². The molecular weight excluding hydrogens is 210 g/mol. The third-order valence-electron chi connectivity index (χ3n) is 4.46. The zero-order valence-corrected chi connectivity index (χ0v) is 10.3. The van der Waals surface area contributed by atoms with Gasteiger partial charge in [0.15, 0.2) is 0 Å². The van der Waals surface area contributed by atoms with Crippen LogP contribution < -0.4 is 4.90 Å². The van der Waals surface area contributed by atoms with Gasteiger partial charge in [-0.3, -0.25) is 0 Å². The fraction of sp³-hybridized carbons (Fsp3) is 0.600. The second-order valence-electron chi connectivity index (χ2n) is 5.42. The molecule has 1 saturated heterocycles. The van der Waals surface area contributed by atoms with E-state index in [1.165, 1.54) is 44.3 Å². The first kappa shape index (κ1) is 11.1. The predicted octanol–water partition coefficient (Wildman–Crippen LogP) is 2.95. The molecule has 0 spiro atoms. The predicted molar refractivity (Wildman–Crippen MR) is 70.1 cm³/mol. The molecule has 1 aromatic rings. The molecule has 1 aromatic carbocycles. The van der Waals surface area contributed by atoms with Crippen LogP contribution in [0.4, 0.5) is 5.69 Å². The van der Waals surface area contributed by atoms with Crippen LogP contribution in [0, 0.1) is 5.92 Å². The molecule has 1 heterocycles. The molecule has 0 bridgehead atoms. The summed E-state index contributed by atoms with van der Waals surface area (Å²) in [6.45, 7) is 1.36. The Hall–Kier alpha value is -1.02. The second kappa shape index (κ2) is 4.69. The average Bonchev–Trinajstić information content (AvgIpc) is 2.83. The van der Waals surface area contributed by atoms with E-state index < -0.39 is 0 Å². The van der Waals surface area contributed by atoms with E-state index in [1.54, 1.807) is 0 Å². The molecule has 2 unspecified atom stereocenters.